The quantitative estimate of drug-likeness (QED) is 0.596. The lowest BCUT2D eigenvalue weighted by Gasteiger charge is -2.59. The van der Waals surface area contributed by atoms with E-state index in [1.165, 1.54) is 4.90 Å². The predicted octanol–water partition coefficient (Wildman–Crippen LogP) is 4.51. The van der Waals surface area contributed by atoms with E-state index in [0.717, 1.165) is 11.6 Å². The van der Waals surface area contributed by atoms with Gasteiger partial charge in [-0.2, -0.15) is 0 Å². The minimum Gasteiger partial charge on any atom is -0.375 e. The molecule has 3 fully saturated rings. The van der Waals surface area contributed by atoms with E-state index < -0.39 is 23.8 Å². The highest BCUT2D eigenvalue weighted by molar-refractivity contribution is 6.31. The van der Waals surface area contributed by atoms with Crippen LogP contribution in [0.3, 0.4) is 0 Å². The Kier molecular flexibility index (Phi) is 6.58. The highest BCUT2D eigenvalue weighted by atomic mass is 35.5. The molecule has 33 heavy (non-hydrogen) atoms. The predicted molar refractivity (Wildman–Crippen MR) is 122 cm³/mol. The smallest absolute Gasteiger partial charge is 0.259 e. The number of likely N-dealkylation sites (tertiary alicyclic amines) is 2. The summed E-state index contributed by atoms with van der Waals surface area (Å²) in [4.78, 5) is 28.5. The number of hydrogen-bond acceptors (Lipinski definition) is 3. The topological polar surface area (TPSA) is 49.9 Å². The van der Waals surface area contributed by atoms with E-state index in [0.29, 0.717) is 44.0 Å². The van der Waals surface area contributed by atoms with Gasteiger partial charge in [0.15, 0.2) is 0 Å². The van der Waals surface area contributed by atoms with Crippen molar-refractivity contribution in [2.75, 3.05) is 26.2 Å². The van der Waals surface area contributed by atoms with Crippen molar-refractivity contribution in [3.8, 4) is 0 Å². The van der Waals surface area contributed by atoms with Crippen LogP contribution in [0.25, 0.3) is 0 Å². The average molecular weight is 481 g/mol. The summed E-state index contributed by atoms with van der Waals surface area (Å²) in [7, 11) is 0. The van der Waals surface area contributed by atoms with Gasteiger partial charge in [-0.25, -0.2) is 8.78 Å². The zero-order valence-electron chi connectivity index (χ0n) is 19.1. The van der Waals surface area contributed by atoms with Crippen LogP contribution in [0, 0.1) is 11.3 Å². The molecule has 5 nitrogen and oxygen atoms in total. The van der Waals surface area contributed by atoms with Crippen molar-refractivity contribution in [3.63, 3.8) is 0 Å². The first-order valence-electron chi connectivity index (χ1n) is 11.5. The summed E-state index contributed by atoms with van der Waals surface area (Å²) in [5.74, 6) is -0.937. The maximum atomic E-state index is 13.8. The van der Waals surface area contributed by atoms with E-state index >= 15 is 0 Å². The molecule has 0 aliphatic carbocycles. The highest BCUT2D eigenvalue weighted by Gasteiger charge is 2.59. The van der Waals surface area contributed by atoms with Gasteiger partial charge >= 0.3 is 0 Å². The molecule has 1 aromatic rings. The number of nitrogens with zero attached hydrogens (tertiary/aromatic N) is 2. The summed E-state index contributed by atoms with van der Waals surface area (Å²) < 4.78 is 33.6. The molecule has 0 radical (unpaired) electrons. The molecule has 3 atom stereocenters. The fraction of sp³-hybridized carbons (Fsp3) is 0.600. The fourth-order valence-corrected chi connectivity index (χ4v) is 6.13. The zero-order valence-corrected chi connectivity index (χ0v) is 19.9. The Bertz CT molecular complexity index is 930. The average Bonchev–Trinajstić information content (AvgIpc) is 2.76. The normalized spacial score (nSPS) is 28.5. The van der Waals surface area contributed by atoms with Gasteiger partial charge in [0, 0.05) is 36.0 Å². The van der Waals surface area contributed by atoms with Crippen LogP contribution in [0.1, 0.15) is 44.6 Å². The van der Waals surface area contributed by atoms with Crippen molar-refractivity contribution in [2.45, 2.75) is 57.1 Å². The summed E-state index contributed by atoms with van der Waals surface area (Å²) in [5, 5.41) is 0.636. The van der Waals surface area contributed by atoms with Crippen molar-refractivity contribution >= 4 is 23.4 Å². The minimum atomic E-state index is -2.62. The number of amides is 2. The van der Waals surface area contributed by atoms with Gasteiger partial charge in [-0.15, -0.1) is 0 Å². The van der Waals surface area contributed by atoms with Crippen LogP contribution in [0.2, 0.25) is 5.02 Å². The van der Waals surface area contributed by atoms with E-state index in [2.05, 4.69) is 6.58 Å². The van der Waals surface area contributed by atoms with Crippen molar-refractivity contribution in [3.05, 3.63) is 47.5 Å². The Balaban J connectivity index is 1.48. The van der Waals surface area contributed by atoms with Gasteiger partial charge in [0.1, 0.15) is 6.04 Å². The number of piperidine rings is 1. The Morgan fingerprint density at radius 2 is 1.91 bits per heavy atom. The molecule has 2 amide bonds. The standard InChI is InChI=1S/C25H31ClF2N2O3/c1-4-20(31)30-15-25(21(30)22(27)28)9-11-29(12-10-25)23(32)18-14-33-24(2,3)13-17(18)16-7-5-6-8-19(16)26/h4-8,17-18,21-22H,1,9-15H2,2-3H3/t17-,18+,21-/m1/s1. The lowest BCUT2D eigenvalue weighted by Crippen LogP contribution is -2.71. The summed E-state index contributed by atoms with van der Waals surface area (Å²) in [5.41, 5.74) is -0.0706. The molecule has 3 heterocycles. The molecule has 0 aromatic heterocycles. The number of rotatable bonds is 4. The van der Waals surface area contributed by atoms with E-state index in [9.17, 15) is 18.4 Å². The van der Waals surface area contributed by atoms with Crippen molar-refractivity contribution < 1.29 is 23.1 Å². The van der Waals surface area contributed by atoms with Crippen molar-refractivity contribution in [2.24, 2.45) is 11.3 Å². The van der Waals surface area contributed by atoms with Crippen LogP contribution in [0.4, 0.5) is 8.78 Å². The number of carbonyl (C=O) groups is 2. The Hall–Kier alpha value is -1.99. The molecule has 3 saturated heterocycles. The lowest BCUT2D eigenvalue weighted by molar-refractivity contribution is -0.183. The minimum absolute atomic E-state index is 0.0165. The Morgan fingerprint density at radius 1 is 1.24 bits per heavy atom. The van der Waals surface area contributed by atoms with Gasteiger partial charge in [-0.1, -0.05) is 36.4 Å². The van der Waals surface area contributed by atoms with E-state index in [-0.39, 0.29) is 29.9 Å². The van der Waals surface area contributed by atoms with Gasteiger partial charge in [0.25, 0.3) is 6.43 Å². The second kappa shape index (κ2) is 8.99. The van der Waals surface area contributed by atoms with E-state index in [1.807, 2.05) is 38.1 Å². The Morgan fingerprint density at radius 3 is 2.52 bits per heavy atom. The van der Waals surface area contributed by atoms with Crippen molar-refractivity contribution in [1.29, 1.82) is 0 Å². The van der Waals surface area contributed by atoms with Crippen LogP contribution in [-0.2, 0) is 14.3 Å². The SMILES string of the molecule is C=CC(=O)N1CC2(CCN(C(=O)[C@H]3COC(C)(C)C[C@@H]3c3ccccc3Cl)CC2)[C@H]1C(F)F. The highest BCUT2D eigenvalue weighted by Crippen LogP contribution is 2.49. The van der Waals surface area contributed by atoms with Crippen LogP contribution in [0.5, 0.6) is 0 Å². The summed E-state index contributed by atoms with van der Waals surface area (Å²) in [6, 6.07) is 6.48. The molecule has 180 valence electrons. The van der Waals surface area contributed by atoms with Gasteiger partial charge < -0.3 is 14.5 Å². The number of hydrogen-bond donors (Lipinski definition) is 0. The molecular weight excluding hydrogens is 450 g/mol. The van der Waals surface area contributed by atoms with E-state index in [4.69, 9.17) is 16.3 Å². The third-order valence-electron chi connectivity index (χ3n) is 7.69. The first-order chi connectivity index (χ1) is 15.6. The third-order valence-corrected chi connectivity index (χ3v) is 8.03. The second-order valence-electron chi connectivity index (χ2n) is 10.1. The molecular formula is C25H31ClF2N2O3. The molecule has 1 aromatic carbocycles. The first-order valence-corrected chi connectivity index (χ1v) is 11.8. The molecule has 3 aliphatic heterocycles. The van der Waals surface area contributed by atoms with Crippen LogP contribution < -0.4 is 0 Å². The van der Waals surface area contributed by atoms with Crippen molar-refractivity contribution in [1.82, 2.24) is 9.80 Å². The van der Waals surface area contributed by atoms with Gasteiger partial charge in [-0.3, -0.25) is 9.59 Å². The number of ether oxygens (including phenoxy) is 1. The molecule has 0 N–H and O–H groups in total. The largest absolute Gasteiger partial charge is 0.375 e. The second-order valence-corrected chi connectivity index (χ2v) is 10.6. The zero-order chi connectivity index (χ0) is 24.0. The molecule has 0 unspecified atom stereocenters. The van der Waals surface area contributed by atoms with E-state index in [1.54, 1.807) is 4.90 Å². The fourth-order valence-electron chi connectivity index (χ4n) is 5.85. The van der Waals surface area contributed by atoms with Crippen LogP contribution in [0.15, 0.2) is 36.9 Å². The number of benzene rings is 1. The maximum Gasteiger partial charge on any atom is 0.259 e. The van der Waals surface area contributed by atoms with Gasteiger partial charge in [0.2, 0.25) is 11.8 Å². The molecule has 0 saturated carbocycles. The molecule has 3 aliphatic rings. The molecule has 0 bridgehead atoms. The van der Waals surface area contributed by atoms with Crippen LogP contribution in [-0.4, -0.2) is 65.9 Å². The maximum absolute atomic E-state index is 13.8. The van der Waals surface area contributed by atoms with Gasteiger partial charge in [0.05, 0.1) is 18.1 Å². The molecule has 1 spiro atoms. The summed E-state index contributed by atoms with van der Waals surface area (Å²) >= 11 is 6.49. The molecule has 4 rings (SSSR count). The monoisotopic (exact) mass is 480 g/mol. The lowest BCUT2D eigenvalue weighted by atomic mass is 9.65. The third kappa shape index (κ3) is 4.42. The summed E-state index contributed by atoms with van der Waals surface area (Å²) in [6.45, 7) is 8.82. The van der Waals surface area contributed by atoms with Gasteiger partial charge in [-0.05, 0) is 50.8 Å². The number of alkyl halides is 2. The van der Waals surface area contributed by atoms with Crippen LogP contribution >= 0.6 is 11.6 Å². The Labute approximate surface area is 198 Å². The number of carbonyl (C=O) groups excluding carboxylic acids is 2. The number of halogens is 3. The molecule has 8 heteroatoms. The first kappa shape index (κ1) is 24.1. The summed E-state index contributed by atoms with van der Waals surface area (Å²) in [6.07, 6.45) is 0.0234.